The number of aromatic nitrogens is 1. The fraction of sp³-hybridized carbons (Fsp3) is 0.212. The van der Waals surface area contributed by atoms with Gasteiger partial charge in [-0.1, -0.05) is 48.9 Å². The molecule has 0 aliphatic carbocycles. The van der Waals surface area contributed by atoms with Crippen molar-refractivity contribution in [1.82, 2.24) is 4.98 Å². The summed E-state index contributed by atoms with van der Waals surface area (Å²) in [5.74, 6) is 0. The molecule has 0 amide bonds. The quantitative estimate of drug-likeness (QED) is 0.404. The van der Waals surface area contributed by atoms with Crippen molar-refractivity contribution in [2.45, 2.75) is 41.0 Å². The minimum Gasteiger partial charge on any atom is -0.877 e. The van der Waals surface area contributed by atoms with Gasteiger partial charge < -0.3 is 10.1 Å². The van der Waals surface area contributed by atoms with Gasteiger partial charge in [0.1, 0.15) is 0 Å². The second-order valence-corrected chi connectivity index (χ2v) is 11.1. The number of hydrogen-bond acceptors (Lipinski definition) is 5. The Kier molecular flexibility index (Phi) is 7.05. The van der Waals surface area contributed by atoms with Crippen LogP contribution in [0.3, 0.4) is 0 Å². The number of hydrogen-bond donors (Lipinski definition) is 0. The summed E-state index contributed by atoms with van der Waals surface area (Å²) in [6.45, 7) is 10.5. The van der Waals surface area contributed by atoms with Crippen molar-refractivity contribution in [1.29, 1.82) is 0 Å². The average Bonchev–Trinajstić information content (AvgIpc) is 3.63. The van der Waals surface area contributed by atoms with E-state index in [2.05, 4.69) is 46.8 Å². The SMILES string of the molecule is Cc1cc(C)c(C2=C3C=CC(=N3)C=C3N=C(C=C3C=O)C=C3N=C(C=c4[n-]c2c/c4=C/[O-])CC3(C)C)c(C)c1.[Zn+2]. The van der Waals surface area contributed by atoms with E-state index < -0.39 is 0 Å². The molecule has 1 aromatic heterocycles. The summed E-state index contributed by atoms with van der Waals surface area (Å²) >= 11 is 0. The van der Waals surface area contributed by atoms with Crippen LogP contribution in [-0.2, 0) is 24.3 Å². The number of aldehydes is 1. The Labute approximate surface area is 246 Å². The summed E-state index contributed by atoms with van der Waals surface area (Å²) in [6, 6.07) is 6.14. The smallest absolute Gasteiger partial charge is 0.877 e. The van der Waals surface area contributed by atoms with Crippen LogP contribution in [0.1, 0.15) is 48.2 Å². The monoisotopic (exact) mass is 576 g/mol. The number of aliphatic imine (C=N–C) groups is 3. The predicted molar refractivity (Wildman–Crippen MR) is 155 cm³/mol. The molecule has 4 aliphatic rings. The van der Waals surface area contributed by atoms with Gasteiger partial charge in [0.2, 0.25) is 0 Å². The van der Waals surface area contributed by atoms with E-state index in [1.54, 1.807) is 6.08 Å². The van der Waals surface area contributed by atoms with Crippen molar-refractivity contribution in [2.75, 3.05) is 0 Å². The number of aryl methyl sites for hydroxylation is 3. The normalized spacial score (nSPS) is 19.3. The number of rotatable bonds is 2. The molecular weight excluding hydrogens is 550 g/mol. The molecule has 8 bridgehead atoms. The van der Waals surface area contributed by atoms with Crippen LogP contribution in [-0.4, -0.2) is 23.4 Å². The van der Waals surface area contributed by atoms with Crippen molar-refractivity contribution in [2.24, 2.45) is 20.4 Å². The molecule has 0 N–H and O–H groups in total. The number of carbonyl (C=O) groups excluding carboxylic acids is 1. The second kappa shape index (κ2) is 10.2. The van der Waals surface area contributed by atoms with Crippen molar-refractivity contribution >= 4 is 41.3 Å². The van der Waals surface area contributed by atoms with Crippen LogP contribution in [0.4, 0.5) is 0 Å². The molecule has 2 aromatic rings. The summed E-state index contributed by atoms with van der Waals surface area (Å²) in [4.78, 5) is 31.5. The molecule has 40 heavy (non-hydrogen) atoms. The molecule has 4 aliphatic heterocycles. The molecular formula is C33H28N4O2Zn. The number of nitrogens with zero attached hydrogens (tertiary/aromatic N) is 4. The first-order valence-corrected chi connectivity index (χ1v) is 13.0. The largest absolute Gasteiger partial charge is 2.00 e. The van der Waals surface area contributed by atoms with E-state index in [-0.39, 0.29) is 24.9 Å². The maximum atomic E-state index is 12.2. The molecule has 5 heterocycles. The minimum absolute atomic E-state index is 0. The number of benzene rings is 1. The van der Waals surface area contributed by atoms with E-state index in [4.69, 9.17) is 20.0 Å². The molecule has 0 saturated carbocycles. The molecule has 0 unspecified atom stereocenters. The molecule has 1 aromatic carbocycles. The Morgan fingerprint density at radius 3 is 2.38 bits per heavy atom. The van der Waals surface area contributed by atoms with E-state index in [0.717, 1.165) is 51.9 Å². The van der Waals surface area contributed by atoms with Crippen LogP contribution in [0.15, 0.2) is 86.2 Å². The first kappa shape index (κ1) is 27.6. The van der Waals surface area contributed by atoms with E-state index >= 15 is 0 Å². The van der Waals surface area contributed by atoms with Gasteiger partial charge in [0.25, 0.3) is 0 Å². The first-order valence-electron chi connectivity index (χ1n) is 13.0. The van der Waals surface area contributed by atoms with Crippen LogP contribution in [0.2, 0.25) is 0 Å². The van der Waals surface area contributed by atoms with Crippen molar-refractivity contribution in [3.8, 4) is 0 Å². The number of fused-ring (bicyclic) bond motifs is 5. The van der Waals surface area contributed by atoms with Gasteiger partial charge in [-0.3, -0.25) is 9.79 Å². The Hall–Kier alpha value is -3.96. The van der Waals surface area contributed by atoms with Crippen LogP contribution in [0.25, 0.3) is 17.9 Å². The standard InChI is InChI=1S/C33H30N4O2.Zn/c1-18-8-19(2)31(20(3)9-18)32-26-7-6-23(34-26)12-27-21(16-38)10-24(35-27)14-30-33(4,5)15-25(36-30)13-28-22(17-39)11-29(32)37-28;/h6-14,16-17H,15H2,1-5H3,(H2,34,35,36,37,38,39);/q;+2/p-2. The fourth-order valence-corrected chi connectivity index (χ4v) is 5.74. The van der Waals surface area contributed by atoms with Crippen molar-refractivity contribution in [3.05, 3.63) is 110 Å². The van der Waals surface area contributed by atoms with Gasteiger partial charge >= 0.3 is 19.5 Å². The van der Waals surface area contributed by atoms with Gasteiger partial charge in [-0.2, -0.15) is 0 Å². The topological polar surface area (TPSA) is 91.3 Å². The molecule has 0 saturated heterocycles. The van der Waals surface area contributed by atoms with E-state index in [9.17, 15) is 9.90 Å². The third kappa shape index (κ3) is 4.80. The Morgan fingerprint density at radius 1 is 0.925 bits per heavy atom. The van der Waals surface area contributed by atoms with Crippen molar-refractivity contribution < 1.29 is 29.4 Å². The maximum Gasteiger partial charge on any atom is 2.00 e. The zero-order chi connectivity index (χ0) is 27.5. The summed E-state index contributed by atoms with van der Waals surface area (Å²) < 4.78 is 0. The summed E-state index contributed by atoms with van der Waals surface area (Å²) in [6.07, 6.45) is 13.7. The Bertz CT molecular complexity index is 1830. The van der Waals surface area contributed by atoms with Gasteiger partial charge in [-0.15, -0.1) is 17.3 Å². The van der Waals surface area contributed by atoms with Gasteiger partial charge in [0.05, 0.1) is 22.8 Å². The fourth-order valence-electron chi connectivity index (χ4n) is 5.74. The van der Waals surface area contributed by atoms with Gasteiger partial charge in [-0.05, 0) is 73.4 Å². The molecule has 0 atom stereocenters. The molecule has 7 heteroatoms. The van der Waals surface area contributed by atoms with E-state index in [1.165, 1.54) is 5.56 Å². The summed E-state index contributed by atoms with van der Waals surface area (Å²) in [5, 5.41) is 13.3. The minimum atomic E-state index is -0.240. The molecule has 0 spiro atoms. The average molecular weight is 578 g/mol. The summed E-state index contributed by atoms with van der Waals surface area (Å²) in [7, 11) is 0. The van der Waals surface area contributed by atoms with Gasteiger partial charge in [0, 0.05) is 28.8 Å². The zero-order valence-corrected chi connectivity index (χ0v) is 26.3. The maximum absolute atomic E-state index is 12.2. The molecule has 6 rings (SSSR count). The third-order valence-corrected chi connectivity index (χ3v) is 7.49. The van der Waals surface area contributed by atoms with Crippen LogP contribution in [0.5, 0.6) is 0 Å². The third-order valence-electron chi connectivity index (χ3n) is 7.49. The predicted octanol–water partition coefficient (Wildman–Crippen LogP) is 3.45. The van der Waals surface area contributed by atoms with Crippen molar-refractivity contribution in [3.63, 3.8) is 0 Å². The molecule has 194 valence electrons. The van der Waals surface area contributed by atoms with Gasteiger partial charge in [-0.25, -0.2) is 9.98 Å². The van der Waals surface area contributed by atoms with E-state index in [1.807, 2.05) is 36.4 Å². The molecule has 0 fully saturated rings. The second-order valence-electron chi connectivity index (χ2n) is 11.1. The van der Waals surface area contributed by atoms with Crippen LogP contribution < -0.4 is 20.7 Å². The number of carbonyl (C=O) groups is 1. The van der Waals surface area contributed by atoms with Crippen LogP contribution >= 0.6 is 0 Å². The molecule has 6 nitrogen and oxygen atoms in total. The van der Waals surface area contributed by atoms with Crippen LogP contribution in [0, 0.1) is 26.2 Å². The van der Waals surface area contributed by atoms with E-state index in [0.29, 0.717) is 45.4 Å². The Balaban J connectivity index is 0.00000323. The number of allylic oxidation sites excluding steroid dienone is 7. The van der Waals surface area contributed by atoms with Gasteiger partial charge in [0.15, 0.2) is 6.29 Å². The molecule has 0 radical (unpaired) electrons. The Morgan fingerprint density at radius 2 is 1.68 bits per heavy atom. The zero-order valence-electron chi connectivity index (χ0n) is 23.4. The summed E-state index contributed by atoms with van der Waals surface area (Å²) in [5.41, 5.74) is 10.6. The first-order chi connectivity index (χ1) is 18.6.